The van der Waals surface area contributed by atoms with Gasteiger partial charge in [-0.1, -0.05) is 12.1 Å². The molecule has 0 saturated heterocycles. The highest BCUT2D eigenvalue weighted by molar-refractivity contribution is 5.93. The lowest BCUT2D eigenvalue weighted by molar-refractivity contribution is 0.0696. The van der Waals surface area contributed by atoms with Crippen LogP contribution in [0.4, 0.5) is 0 Å². The molecule has 19 heavy (non-hydrogen) atoms. The van der Waals surface area contributed by atoms with Crippen LogP contribution in [-0.2, 0) is 6.42 Å². The van der Waals surface area contributed by atoms with E-state index in [9.17, 15) is 9.59 Å². The van der Waals surface area contributed by atoms with Crippen molar-refractivity contribution < 1.29 is 19.1 Å². The van der Waals surface area contributed by atoms with E-state index in [0.717, 1.165) is 5.56 Å². The second-order valence-electron chi connectivity index (χ2n) is 4.02. The van der Waals surface area contributed by atoms with Crippen LogP contribution >= 0.6 is 0 Å². The summed E-state index contributed by atoms with van der Waals surface area (Å²) < 4.78 is 4.82. The number of carbonyl (C=O) groups excluding carboxylic acids is 1. The molecule has 0 atom stereocenters. The predicted molar refractivity (Wildman–Crippen MR) is 68.1 cm³/mol. The highest BCUT2D eigenvalue weighted by atomic mass is 16.4. The Balaban J connectivity index is 1.82. The number of nitrogens with one attached hydrogen (secondary N) is 1. The van der Waals surface area contributed by atoms with E-state index < -0.39 is 5.97 Å². The number of amides is 1. The molecule has 98 valence electrons. The summed E-state index contributed by atoms with van der Waals surface area (Å²) in [6.07, 6.45) is 3.47. The number of rotatable bonds is 5. The van der Waals surface area contributed by atoms with E-state index in [2.05, 4.69) is 5.32 Å². The number of furan rings is 1. The Morgan fingerprint density at radius 2 is 1.84 bits per heavy atom. The Morgan fingerprint density at radius 3 is 2.42 bits per heavy atom. The van der Waals surface area contributed by atoms with Gasteiger partial charge in [-0.05, 0) is 30.2 Å². The van der Waals surface area contributed by atoms with Gasteiger partial charge in [0.25, 0.3) is 5.91 Å². The van der Waals surface area contributed by atoms with Crippen LogP contribution < -0.4 is 5.32 Å². The summed E-state index contributed by atoms with van der Waals surface area (Å²) in [5.74, 6) is -1.13. The number of carbonyl (C=O) groups is 2. The fourth-order valence-electron chi connectivity index (χ4n) is 1.63. The standard InChI is InChI=1S/C14H13NO4/c16-13(12-6-8-19-9-12)15-7-5-10-1-3-11(4-2-10)14(17)18/h1-4,6,8-9H,5,7H2,(H,15,16)(H,17,18). The molecule has 2 aromatic rings. The molecule has 0 unspecified atom stereocenters. The van der Waals surface area contributed by atoms with E-state index in [1.54, 1.807) is 30.3 Å². The molecule has 0 fully saturated rings. The summed E-state index contributed by atoms with van der Waals surface area (Å²) in [6, 6.07) is 8.18. The molecule has 1 aromatic carbocycles. The topological polar surface area (TPSA) is 79.5 Å². The first-order chi connectivity index (χ1) is 9.16. The molecule has 2 N–H and O–H groups in total. The van der Waals surface area contributed by atoms with E-state index in [1.807, 2.05) is 0 Å². The quantitative estimate of drug-likeness (QED) is 0.860. The minimum Gasteiger partial charge on any atom is -0.478 e. The zero-order chi connectivity index (χ0) is 13.7. The minimum absolute atomic E-state index is 0.184. The number of hydrogen-bond acceptors (Lipinski definition) is 3. The molecular weight excluding hydrogens is 246 g/mol. The van der Waals surface area contributed by atoms with Crippen LogP contribution in [0.1, 0.15) is 26.3 Å². The minimum atomic E-state index is -0.945. The van der Waals surface area contributed by atoms with Crippen molar-refractivity contribution in [2.75, 3.05) is 6.54 Å². The normalized spacial score (nSPS) is 10.1. The van der Waals surface area contributed by atoms with Crippen molar-refractivity contribution in [3.05, 3.63) is 59.5 Å². The van der Waals surface area contributed by atoms with Gasteiger partial charge < -0.3 is 14.8 Å². The van der Waals surface area contributed by atoms with Gasteiger partial charge in [-0.3, -0.25) is 4.79 Å². The molecule has 0 saturated carbocycles. The molecule has 1 heterocycles. The maximum Gasteiger partial charge on any atom is 0.335 e. The number of carboxylic acid groups (broad SMARTS) is 1. The van der Waals surface area contributed by atoms with E-state index in [0.29, 0.717) is 18.5 Å². The molecule has 2 rings (SSSR count). The Hall–Kier alpha value is -2.56. The third-order valence-corrected chi connectivity index (χ3v) is 2.68. The highest BCUT2D eigenvalue weighted by Crippen LogP contribution is 2.05. The maximum atomic E-state index is 11.6. The van der Waals surface area contributed by atoms with Crippen molar-refractivity contribution in [2.24, 2.45) is 0 Å². The lowest BCUT2D eigenvalue weighted by Crippen LogP contribution is -2.25. The van der Waals surface area contributed by atoms with E-state index in [4.69, 9.17) is 9.52 Å². The lowest BCUT2D eigenvalue weighted by atomic mass is 10.1. The van der Waals surface area contributed by atoms with E-state index >= 15 is 0 Å². The largest absolute Gasteiger partial charge is 0.478 e. The molecule has 1 aromatic heterocycles. The first kappa shape index (κ1) is 12.9. The number of hydrogen-bond donors (Lipinski definition) is 2. The molecule has 0 aliphatic rings. The zero-order valence-electron chi connectivity index (χ0n) is 10.1. The number of aromatic carboxylic acids is 1. The molecule has 0 aliphatic carbocycles. The van der Waals surface area contributed by atoms with Crippen molar-refractivity contribution in [1.82, 2.24) is 5.32 Å². The summed E-state index contributed by atoms with van der Waals surface area (Å²) in [5, 5.41) is 11.5. The Morgan fingerprint density at radius 1 is 1.11 bits per heavy atom. The van der Waals surface area contributed by atoms with Crippen molar-refractivity contribution in [2.45, 2.75) is 6.42 Å². The van der Waals surface area contributed by atoms with Crippen molar-refractivity contribution in [3.8, 4) is 0 Å². The van der Waals surface area contributed by atoms with Gasteiger partial charge in [0.05, 0.1) is 17.4 Å². The number of benzene rings is 1. The van der Waals surface area contributed by atoms with E-state index in [-0.39, 0.29) is 11.5 Å². The fraction of sp³-hybridized carbons (Fsp3) is 0.143. The molecule has 5 nitrogen and oxygen atoms in total. The zero-order valence-corrected chi connectivity index (χ0v) is 10.1. The molecule has 0 bridgehead atoms. The van der Waals surface area contributed by atoms with Crippen molar-refractivity contribution in [1.29, 1.82) is 0 Å². The predicted octanol–water partition coefficient (Wildman–Crippen LogP) is 1.95. The highest BCUT2D eigenvalue weighted by Gasteiger charge is 2.06. The third kappa shape index (κ3) is 3.45. The molecule has 0 aliphatic heterocycles. The van der Waals surface area contributed by atoms with Gasteiger partial charge in [0.2, 0.25) is 0 Å². The Bertz CT molecular complexity index is 558. The molecule has 5 heteroatoms. The van der Waals surface area contributed by atoms with Crippen LogP contribution in [0.25, 0.3) is 0 Å². The van der Waals surface area contributed by atoms with Crippen LogP contribution in [0.2, 0.25) is 0 Å². The van der Waals surface area contributed by atoms with Gasteiger partial charge >= 0.3 is 5.97 Å². The van der Waals surface area contributed by atoms with E-state index in [1.165, 1.54) is 12.5 Å². The smallest absolute Gasteiger partial charge is 0.335 e. The molecule has 0 radical (unpaired) electrons. The van der Waals surface area contributed by atoms with Gasteiger partial charge in [-0.2, -0.15) is 0 Å². The average Bonchev–Trinajstić information content (AvgIpc) is 2.93. The van der Waals surface area contributed by atoms with Gasteiger partial charge in [-0.25, -0.2) is 4.79 Å². The Labute approximate surface area is 109 Å². The molecule has 1 amide bonds. The molecule has 0 spiro atoms. The van der Waals surface area contributed by atoms with Crippen LogP contribution in [0.5, 0.6) is 0 Å². The van der Waals surface area contributed by atoms with Gasteiger partial charge in [0, 0.05) is 6.54 Å². The second-order valence-corrected chi connectivity index (χ2v) is 4.02. The van der Waals surface area contributed by atoms with Crippen LogP contribution in [0.3, 0.4) is 0 Å². The van der Waals surface area contributed by atoms with Crippen molar-refractivity contribution in [3.63, 3.8) is 0 Å². The first-order valence-corrected chi connectivity index (χ1v) is 5.79. The average molecular weight is 259 g/mol. The Kier molecular flexibility index (Phi) is 3.97. The van der Waals surface area contributed by atoms with Gasteiger partial charge in [0.1, 0.15) is 6.26 Å². The first-order valence-electron chi connectivity index (χ1n) is 5.79. The van der Waals surface area contributed by atoms with Crippen LogP contribution in [-0.4, -0.2) is 23.5 Å². The lowest BCUT2D eigenvalue weighted by Gasteiger charge is -2.04. The summed E-state index contributed by atoms with van der Waals surface area (Å²) in [5.41, 5.74) is 1.71. The van der Waals surface area contributed by atoms with Gasteiger partial charge in [0.15, 0.2) is 0 Å². The van der Waals surface area contributed by atoms with Gasteiger partial charge in [-0.15, -0.1) is 0 Å². The van der Waals surface area contributed by atoms with Crippen LogP contribution in [0, 0.1) is 0 Å². The second kappa shape index (κ2) is 5.86. The SMILES string of the molecule is O=C(O)c1ccc(CCNC(=O)c2ccoc2)cc1. The maximum absolute atomic E-state index is 11.6. The third-order valence-electron chi connectivity index (χ3n) is 2.68. The van der Waals surface area contributed by atoms with Crippen molar-refractivity contribution >= 4 is 11.9 Å². The summed E-state index contributed by atoms with van der Waals surface area (Å²) >= 11 is 0. The summed E-state index contributed by atoms with van der Waals surface area (Å²) in [6.45, 7) is 0.483. The van der Waals surface area contributed by atoms with Crippen LogP contribution in [0.15, 0.2) is 47.3 Å². The summed E-state index contributed by atoms with van der Waals surface area (Å²) in [4.78, 5) is 22.3. The monoisotopic (exact) mass is 259 g/mol. The summed E-state index contributed by atoms with van der Waals surface area (Å²) in [7, 11) is 0. The number of carboxylic acids is 1. The molecular formula is C14H13NO4. The fourth-order valence-corrected chi connectivity index (χ4v) is 1.63.